The lowest BCUT2D eigenvalue weighted by atomic mass is 9.97. The van der Waals surface area contributed by atoms with Gasteiger partial charge in [-0.2, -0.15) is 0 Å². The summed E-state index contributed by atoms with van der Waals surface area (Å²) < 4.78 is 0. The first-order valence-corrected chi connectivity index (χ1v) is 9.76. The Balaban J connectivity index is 1.52. The highest BCUT2D eigenvalue weighted by molar-refractivity contribution is 6.30. The number of benzene rings is 4. The highest BCUT2D eigenvalue weighted by atomic mass is 16.3. The van der Waals surface area contributed by atoms with Crippen LogP contribution in [0, 0.1) is 0 Å². The van der Waals surface area contributed by atoms with Crippen molar-refractivity contribution in [1.82, 2.24) is 4.98 Å². The summed E-state index contributed by atoms with van der Waals surface area (Å²) in [4.78, 5) is 20.2. The number of carbonyl (C=O) groups is 1. The number of amides is 1. The van der Waals surface area contributed by atoms with Crippen LogP contribution in [0.1, 0.15) is 21.5 Å². The van der Waals surface area contributed by atoms with Crippen LogP contribution in [0.4, 0.5) is 0 Å². The first kappa shape index (κ1) is 16.7. The molecule has 30 heavy (non-hydrogen) atoms. The summed E-state index contributed by atoms with van der Waals surface area (Å²) >= 11 is 0. The minimum absolute atomic E-state index is 0.0362. The molecule has 0 unspecified atom stereocenters. The van der Waals surface area contributed by atoms with E-state index in [1.54, 1.807) is 0 Å². The van der Waals surface area contributed by atoms with Crippen molar-refractivity contribution in [2.24, 2.45) is 4.99 Å². The first-order valence-electron chi connectivity index (χ1n) is 9.76. The van der Waals surface area contributed by atoms with Gasteiger partial charge in [0.2, 0.25) is 0 Å². The standard InChI is InChI=1S/C26H16N2O2/c29-25-21-22(24(28-25)20-12-10-16-6-2-4-8-18(16)14-20)26(30)27-23(21)19-11-9-15-5-1-3-7-17(15)13-19/h1-14,27,30H. The average molecular weight is 388 g/mol. The normalized spacial score (nSPS) is 13.1. The molecule has 1 aliphatic rings. The molecule has 0 saturated heterocycles. The Kier molecular flexibility index (Phi) is 3.44. The van der Waals surface area contributed by atoms with Crippen LogP contribution in [0.3, 0.4) is 0 Å². The van der Waals surface area contributed by atoms with E-state index >= 15 is 0 Å². The topological polar surface area (TPSA) is 65.4 Å². The average Bonchev–Trinajstić information content (AvgIpc) is 3.31. The molecule has 1 amide bonds. The van der Waals surface area contributed by atoms with Crippen LogP contribution >= 0.6 is 0 Å². The summed E-state index contributed by atoms with van der Waals surface area (Å²) in [6.45, 7) is 0. The Hall–Kier alpha value is -4.18. The van der Waals surface area contributed by atoms with E-state index in [4.69, 9.17) is 0 Å². The third-order valence-corrected chi connectivity index (χ3v) is 5.71. The molecule has 1 aliphatic heterocycles. The first-order chi connectivity index (χ1) is 14.7. The van der Waals surface area contributed by atoms with Crippen LogP contribution < -0.4 is 0 Å². The van der Waals surface area contributed by atoms with Crippen molar-refractivity contribution in [2.75, 3.05) is 0 Å². The lowest BCUT2D eigenvalue weighted by molar-refractivity contribution is 0.101. The Morgan fingerprint density at radius 1 is 0.667 bits per heavy atom. The Morgan fingerprint density at radius 3 is 1.90 bits per heavy atom. The number of nitrogens with zero attached hydrogens (tertiary/aromatic N) is 1. The molecule has 6 rings (SSSR count). The molecule has 2 heterocycles. The van der Waals surface area contributed by atoms with Crippen molar-refractivity contribution in [2.45, 2.75) is 0 Å². The van der Waals surface area contributed by atoms with Gasteiger partial charge in [-0.25, -0.2) is 4.99 Å². The summed E-state index contributed by atoms with van der Waals surface area (Å²) in [5.41, 5.74) is 3.64. The summed E-state index contributed by atoms with van der Waals surface area (Å²) in [5, 5.41) is 15.1. The highest BCUT2D eigenvalue weighted by Gasteiger charge is 2.33. The molecule has 4 aromatic carbocycles. The SMILES string of the molecule is O=C1N=C(c2ccc3ccccc3c2)c2c(O)[nH]c(-c3ccc4ccccc4c3)c21. The maximum atomic E-state index is 12.9. The predicted octanol–water partition coefficient (Wildman–Crippen LogP) is 5.68. The molecular formula is C26H16N2O2. The van der Waals surface area contributed by atoms with Gasteiger partial charge >= 0.3 is 0 Å². The van der Waals surface area contributed by atoms with Crippen molar-refractivity contribution in [3.8, 4) is 17.1 Å². The number of aromatic amines is 1. The fourth-order valence-corrected chi connectivity index (χ4v) is 4.25. The van der Waals surface area contributed by atoms with Gasteiger partial charge in [0, 0.05) is 5.56 Å². The Morgan fingerprint density at radius 2 is 1.23 bits per heavy atom. The van der Waals surface area contributed by atoms with Crippen LogP contribution in [0.2, 0.25) is 0 Å². The number of aromatic nitrogens is 1. The zero-order chi connectivity index (χ0) is 20.2. The molecule has 0 atom stereocenters. The third kappa shape index (κ3) is 2.40. The number of rotatable bonds is 2. The quantitative estimate of drug-likeness (QED) is 0.408. The second-order valence-electron chi connectivity index (χ2n) is 7.49. The van der Waals surface area contributed by atoms with Crippen molar-refractivity contribution in [3.63, 3.8) is 0 Å². The van der Waals surface area contributed by atoms with Crippen LogP contribution in [0.15, 0.2) is 89.9 Å². The Bertz CT molecular complexity index is 1530. The molecule has 0 bridgehead atoms. The molecule has 5 aromatic rings. The fraction of sp³-hybridized carbons (Fsp3) is 0. The van der Waals surface area contributed by atoms with E-state index in [0.29, 0.717) is 22.5 Å². The van der Waals surface area contributed by atoms with E-state index in [9.17, 15) is 9.90 Å². The number of nitrogens with one attached hydrogen (secondary N) is 1. The van der Waals surface area contributed by atoms with E-state index < -0.39 is 0 Å². The molecule has 142 valence electrons. The second kappa shape index (κ2) is 6.16. The summed E-state index contributed by atoms with van der Waals surface area (Å²) in [6.07, 6.45) is 0. The van der Waals surface area contributed by atoms with Gasteiger partial charge in [-0.3, -0.25) is 4.79 Å². The molecule has 0 saturated carbocycles. The van der Waals surface area contributed by atoms with Gasteiger partial charge in [0.15, 0.2) is 5.88 Å². The zero-order valence-corrected chi connectivity index (χ0v) is 15.9. The number of carbonyl (C=O) groups excluding carboxylic acids is 1. The van der Waals surface area contributed by atoms with Crippen molar-refractivity contribution in [1.29, 1.82) is 0 Å². The summed E-state index contributed by atoms with van der Waals surface area (Å²) in [7, 11) is 0. The molecule has 4 nitrogen and oxygen atoms in total. The van der Waals surface area contributed by atoms with Crippen LogP contribution in [-0.2, 0) is 0 Å². The third-order valence-electron chi connectivity index (χ3n) is 5.71. The van der Waals surface area contributed by atoms with Gasteiger partial charge in [0.25, 0.3) is 5.91 Å². The van der Waals surface area contributed by atoms with E-state index in [1.807, 2.05) is 84.9 Å². The second-order valence-corrected chi connectivity index (χ2v) is 7.49. The van der Waals surface area contributed by atoms with E-state index in [-0.39, 0.29) is 11.8 Å². The highest BCUT2D eigenvalue weighted by Crippen LogP contribution is 2.39. The number of H-pyrrole nitrogens is 1. The maximum absolute atomic E-state index is 12.9. The van der Waals surface area contributed by atoms with Gasteiger partial charge in [0.1, 0.15) is 0 Å². The lowest BCUT2D eigenvalue weighted by Gasteiger charge is -2.04. The van der Waals surface area contributed by atoms with Crippen molar-refractivity contribution < 1.29 is 9.90 Å². The van der Waals surface area contributed by atoms with Crippen LogP contribution in [0.25, 0.3) is 32.8 Å². The molecule has 2 N–H and O–H groups in total. The summed E-state index contributed by atoms with van der Waals surface area (Å²) in [6, 6.07) is 28.0. The van der Waals surface area contributed by atoms with Gasteiger partial charge in [-0.1, -0.05) is 72.8 Å². The van der Waals surface area contributed by atoms with Gasteiger partial charge in [-0.05, 0) is 39.2 Å². The van der Waals surface area contributed by atoms with E-state index in [1.165, 1.54) is 0 Å². The van der Waals surface area contributed by atoms with Gasteiger partial charge in [-0.15, -0.1) is 0 Å². The minimum Gasteiger partial charge on any atom is -0.494 e. The Labute approximate surface area is 172 Å². The van der Waals surface area contributed by atoms with Gasteiger partial charge in [0.05, 0.1) is 22.5 Å². The lowest BCUT2D eigenvalue weighted by Crippen LogP contribution is -1.99. The van der Waals surface area contributed by atoms with E-state index in [0.717, 1.165) is 32.7 Å². The molecule has 1 aromatic heterocycles. The largest absolute Gasteiger partial charge is 0.494 e. The minimum atomic E-state index is -0.340. The van der Waals surface area contributed by atoms with Gasteiger partial charge < -0.3 is 10.1 Å². The van der Waals surface area contributed by atoms with Crippen molar-refractivity contribution >= 4 is 33.2 Å². The number of aromatic hydroxyl groups is 1. The monoisotopic (exact) mass is 388 g/mol. The molecular weight excluding hydrogens is 372 g/mol. The molecule has 0 spiro atoms. The molecule has 0 fully saturated rings. The smallest absolute Gasteiger partial charge is 0.280 e. The number of aliphatic imine (C=N–C) groups is 1. The number of fused-ring (bicyclic) bond motifs is 3. The molecule has 0 aliphatic carbocycles. The molecule has 0 radical (unpaired) electrons. The van der Waals surface area contributed by atoms with Crippen LogP contribution in [0.5, 0.6) is 5.88 Å². The fourth-order valence-electron chi connectivity index (χ4n) is 4.25. The number of hydrogen-bond acceptors (Lipinski definition) is 2. The maximum Gasteiger partial charge on any atom is 0.280 e. The zero-order valence-electron chi connectivity index (χ0n) is 15.9. The van der Waals surface area contributed by atoms with E-state index in [2.05, 4.69) is 9.98 Å². The molecule has 4 heteroatoms. The predicted molar refractivity (Wildman–Crippen MR) is 119 cm³/mol. The number of hydrogen-bond donors (Lipinski definition) is 2. The summed E-state index contributed by atoms with van der Waals surface area (Å²) in [5.74, 6) is -0.376. The van der Waals surface area contributed by atoms with Crippen molar-refractivity contribution in [3.05, 3.63) is 102 Å². The van der Waals surface area contributed by atoms with Crippen LogP contribution in [-0.4, -0.2) is 21.7 Å².